The number of hydrogen-bond acceptors (Lipinski definition) is 0. The second-order valence-electron chi connectivity index (χ2n) is 6.65. The van der Waals surface area contributed by atoms with Gasteiger partial charge < -0.3 is 8.22 Å². The standard InChI is InChI=1S/C13H30F2Si2/c1-10(2)16(14,11(3)4)9-17(15,12(5)6)13(7)8/h10-13H,9H2,1-8H3. The summed E-state index contributed by atoms with van der Waals surface area (Å²) in [6.45, 7) is 15.5. The molecule has 0 heterocycles. The monoisotopic (exact) mass is 280 g/mol. The van der Waals surface area contributed by atoms with Gasteiger partial charge in [0.2, 0.25) is 0 Å². The zero-order valence-corrected chi connectivity index (χ0v) is 14.8. The summed E-state index contributed by atoms with van der Waals surface area (Å²) < 4.78 is 30.4. The van der Waals surface area contributed by atoms with Crippen LogP contribution in [0, 0.1) is 0 Å². The van der Waals surface area contributed by atoms with Crippen LogP contribution < -0.4 is 0 Å². The third kappa shape index (κ3) is 3.63. The molecule has 0 bridgehead atoms. The highest BCUT2D eigenvalue weighted by Gasteiger charge is 2.53. The topological polar surface area (TPSA) is 0 Å². The Morgan fingerprint density at radius 3 is 0.882 bits per heavy atom. The maximum absolute atomic E-state index is 15.2. The molecular weight excluding hydrogens is 250 g/mol. The van der Waals surface area contributed by atoms with E-state index in [-0.39, 0.29) is 27.8 Å². The molecule has 0 aliphatic rings. The van der Waals surface area contributed by atoms with Crippen molar-refractivity contribution >= 4 is 16.8 Å². The van der Waals surface area contributed by atoms with Crippen LogP contribution in [0.4, 0.5) is 8.22 Å². The summed E-state index contributed by atoms with van der Waals surface area (Å²) >= 11 is 0. The van der Waals surface area contributed by atoms with Gasteiger partial charge in [-0.2, -0.15) is 0 Å². The predicted molar refractivity (Wildman–Crippen MR) is 78.9 cm³/mol. The van der Waals surface area contributed by atoms with Gasteiger partial charge in [0, 0.05) is 0 Å². The van der Waals surface area contributed by atoms with E-state index in [4.69, 9.17) is 0 Å². The molecule has 0 aromatic rings. The third-order valence-electron chi connectivity index (χ3n) is 4.38. The van der Waals surface area contributed by atoms with Gasteiger partial charge in [0.1, 0.15) is 0 Å². The molecule has 104 valence electrons. The van der Waals surface area contributed by atoms with Crippen LogP contribution in [0.3, 0.4) is 0 Å². The Morgan fingerprint density at radius 1 is 0.588 bits per heavy atom. The van der Waals surface area contributed by atoms with E-state index in [2.05, 4.69) is 0 Å². The second-order valence-corrected chi connectivity index (χ2v) is 16.4. The molecular formula is C13H30F2Si2. The van der Waals surface area contributed by atoms with Gasteiger partial charge in [0.25, 0.3) is 16.8 Å². The summed E-state index contributed by atoms with van der Waals surface area (Å²) in [5, 5.41) is 0. The molecule has 17 heavy (non-hydrogen) atoms. The molecule has 0 nitrogen and oxygen atoms in total. The summed E-state index contributed by atoms with van der Waals surface area (Å²) in [5.41, 5.74) is 0.348. The largest absolute Gasteiger partial charge is 0.313 e. The van der Waals surface area contributed by atoms with Crippen molar-refractivity contribution in [2.24, 2.45) is 0 Å². The molecule has 0 amide bonds. The molecule has 0 aromatic heterocycles. The Kier molecular flexibility index (Phi) is 6.06. The molecule has 0 aliphatic heterocycles. The fraction of sp³-hybridized carbons (Fsp3) is 1.00. The van der Waals surface area contributed by atoms with E-state index in [0.717, 1.165) is 0 Å². The lowest BCUT2D eigenvalue weighted by molar-refractivity contribution is 0.637. The normalized spacial score (nSPS) is 14.5. The van der Waals surface area contributed by atoms with E-state index in [0.29, 0.717) is 0 Å². The minimum atomic E-state index is -2.98. The molecule has 0 rings (SSSR count). The molecule has 0 unspecified atom stereocenters. The van der Waals surface area contributed by atoms with Gasteiger partial charge in [-0.3, -0.25) is 0 Å². The summed E-state index contributed by atoms with van der Waals surface area (Å²) in [6.07, 6.45) is 0. The van der Waals surface area contributed by atoms with Crippen LogP contribution in [0.25, 0.3) is 0 Å². The lowest BCUT2D eigenvalue weighted by atomic mass is 10.5. The van der Waals surface area contributed by atoms with E-state index in [1.807, 2.05) is 55.4 Å². The first-order valence-electron chi connectivity index (χ1n) is 6.86. The number of hydrogen-bond donors (Lipinski definition) is 0. The van der Waals surface area contributed by atoms with E-state index in [1.54, 1.807) is 0 Å². The maximum Gasteiger partial charge on any atom is 0.251 e. The minimum absolute atomic E-state index is 0.0163. The Balaban J connectivity index is 5.22. The summed E-state index contributed by atoms with van der Waals surface area (Å²) in [5.74, 6) is 0. The van der Waals surface area contributed by atoms with Crippen LogP contribution in [-0.4, -0.2) is 16.8 Å². The van der Waals surface area contributed by atoms with Gasteiger partial charge in [-0.05, 0) is 27.8 Å². The van der Waals surface area contributed by atoms with E-state index >= 15 is 8.22 Å². The summed E-state index contributed by atoms with van der Waals surface area (Å²) in [6, 6.07) is 0. The molecule has 0 saturated heterocycles. The number of halogens is 2. The Morgan fingerprint density at radius 2 is 0.765 bits per heavy atom. The van der Waals surface area contributed by atoms with E-state index in [1.165, 1.54) is 0 Å². The molecule has 0 aromatic carbocycles. The number of rotatable bonds is 6. The van der Waals surface area contributed by atoms with Crippen molar-refractivity contribution in [1.29, 1.82) is 0 Å². The molecule has 4 heteroatoms. The van der Waals surface area contributed by atoms with Gasteiger partial charge in [0.05, 0.1) is 0 Å². The lowest BCUT2D eigenvalue weighted by Crippen LogP contribution is -2.49. The zero-order valence-electron chi connectivity index (χ0n) is 12.8. The van der Waals surface area contributed by atoms with Crippen LogP contribution >= 0.6 is 0 Å². The highest BCUT2D eigenvalue weighted by molar-refractivity contribution is 6.93. The highest BCUT2D eigenvalue weighted by Crippen LogP contribution is 2.47. The Hall–Kier alpha value is 0.294. The van der Waals surface area contributed by atoms with Gasteiger partial charge in [0.15, 0.2) is 0 Å². The molecule has 0 spiro atoms. The zero-order chi connectivity index (χ0) is 14.0. The van der Waals surface area contributed by atoms with Gasteiger partial charge in [-0.1, -0.05) is 55.4 Å². The van der Waals surface area contributed by atoms with Crippen LogP contribution in [0.5, 0.6) is 0 Å². The molecule has 0 aliphatic carbocycles. The Bertz CT molecular complexity index is 198. The summed E-state index contributed by atoms with van der Waals surface area (Å²) in [4.78, 5) is 0. The lowest BCUT2D eigenvalue weighted by Gasteiger charge is -2.39. The summed E-state index contributed by atoms with van der Waals surface area (Å²) in [7, 11) is -5.96. The molecule has 0 fully saturated rings. The maximum atomic E-state index is 15.2. The van der Waals surface area contributed by atoms with Crippen molar-refractivity contribution in [3.05, 3.63) is 0 Å². The molecule has 0 N–H and O–H groups in total. The van der Waals surface area contributed by atoms with Crippen molar-refractivity contribution in [3.8, 4) is 0 Å². The van der Waals surface area contributed by atoms with E-state index < -0.39 is 16.8 Å². The quantitative estimate of drug-likeness (QED) is 0.414. The van der Waals surface area contributed by atoms with Gasteiger partial charge >= 0.3 is 0 Å². The molecule has 0 atom stereocenters. The van der Waals surface area contributed by atoms with Crippen molar-refractivity contribution in [1.82, 2.24) is 0 Å². The van der Waals surface area contributed by atoms with Crippen molar-refractivity contribution in [2.75, 3.05) is 0 Å². The van der Waals surface area contributed by atoms with Crippen molar-refractivity contribution in [2.45, 2.75) is 83.2 Å². The SMILES string of the molecule is CC(C)[Si](F)(C[Si](F)(C(C)C)C(C)C)C(C)C. The van der Waals surface area contributed by atoms with E-state index in [9.17, 15) is 0 Å². The first-order valence-corrected chi connectivity index (χ1v) is 11.3. The van der Waals surface area contributed by atoms with Crippen molar-refractivity contribution < 1.29 is 8.22 Å². The van der Waals surface area contributed by atoms with Crippen molar-refractivity contribution in [3.63, 3.8) is 0 Å². The van der Waals surface area contributed by atoms with Crippen LogP contribution in [0.2, 0.25) is 27.8 Å². The fourth-order valence-electron chi connectivity index (χ4n) is 2.57. The molecule has 0 saturated carbocycles. The average Bonchev–Trinajstić information content (AvgIpc) is 2.15. The average molecular weight is 281 g/mol. The highest BCUT2D eigenvalue weighted by atomic mass is 28.4. The smallest absolute Gasteiger partial charge is 0.251 e. The van der Waals surface area contributed by atoms with Crippen LogP contribution in [-0.2, 0) is 0 Å². The predicted octanol–water partition coefficient (Wildman–Crippen LogP) is 6.00. The fourth-order valence-corrected chi connectivity index (χ4v) is 15.1. The van der Waals surface area contributed by atoms with Crippen LogP contribution in [0.15, 0.2) is 0 Å². The first kappa shape index (κ1) is 17.3. The van der Waals surface area contributed by atoms with Gasteiger partial charge in [-0.15, -0.1) is 0 Å². The first-order chi connectivity index (χ1) is 7.48. The second kappa shape index (κ2) is 5.96. The molecule has 0 radical (unpaired) electrons. The minimum Gasteiger partial charge on any atom is -0.313 e. The Labute approximate surface area is 109 Å². The van der Waals surface area contributed by atoms with Gasteiger partial charge in [-0.25, -0.2) is 0 Å². The van der Waals surface area contributed by atoms with Crippen LogP contribution in [0.1, 0.15) is 55.4 Å². The third-order valence-corrected chi connectivity index (χ3v) is 16.4.